The van der Waals surface area contributed by atoms with Gasteiger partial charge in [0.25, 0.3) is 0 Å². The summed E-state index contributed by atoms with van der Waals surface area (Å²) in [5.41, 5.74) is 4.63. The van der Waals surface area contributed by atoms with Crippen molar-refractivity contribution >= 4 is 21.5 Å². The second kappa shape index (κ2) is 6.35. The van der Waals surface area contributed by atoms with E-state index < -0.39 is 0 Å². The number of benzene rings is 2. The van der Waals surface area contributed by atoms with Gasteiger partial charge in [0.15, 0.2) is 0 Å². The molecule has 0 heterocycles. The average molecular weight is 311 g/mol. The normalized spacial score (nSPS) is 11.1. The zero-order valence-corrected chi connectivity index (χ0v) is 12.2. The van der Waals surface area contributed by atoms with Crippen molar-refractivity contribution in [2.24, 2.45) is 0 Å². The Morgan fingerprint density at radius 1 is 0.947 bits per heavy atom. The Labute approximate surface area is 122 Å². The van der Waals surface area contributed by atoms with E-state index in [9.17, 15) is 0 Å². The third kappa shape index (κ3) is 3.33. The molecule has 19 heavy (non-hydrogen) atoms. The highest BCUT2D eigenvalue weighted by atomic mass is 79.9. The third-order valence-corrected chi connectivity index (χ3v) is 3.39. The molecule has 0 N–H and O–H groups in total. The molecule has 0 amide bonds. The molecule has 0 saturated carbocycles. The van der Waals surface area contributed by atoms with Gasteiger partial charge in [-0.2, -0.15) is 0 Å². The molecule has 2 rings (SSSR count). The smallest absolute Gasteiger partial charge is 0.0181 e. The lowest BCUT2D eigenvalue weighted by molar-refractivity contribution is 1.57. The van der Waals surface area contributed by atoms with Crippen LogP contribution in [0.2, 0.25) is 0 Å². The Hall–Kier alpha value is -1.86. The SMILES string of the molecule is C=C/C=C(\C=C)c1ccc(-c2cccc(Br)c2)cc1. The fourth-order valence-corrected chi connectivity index (χ4v) is 2.33. The van der Waals surface area contributed by atoms with Crippen molar-refractivity contribution in [3.05, 3.63) is 90.0 Å². The van der Waals surface area contributed by atoms with E-state index in [-0.39, 0.29) is 0 Å². The maximum atomic E-state index is 3.83. The molecule has 1 heteroatoms. The Kier molecular flexibility index (Phi) is 4.53. The minimum absolute atomic E-state index is 1.08. The standard InChI is InChI=1S/C18H15Br/c1-3-6-14(4-2)15-9-11-16(12-10-15)17-7-5-8-18(19)13-17/h3-13H,1-2H2/b14-6+. The van der Waals surface area contributed by atoms with Gasteiger partial charge in [-0.1, -0.05) is 83.7 Å². The van der Waals surface area contributed by atoms with Crippen LogP contribution in [0.5, 0.6) is 0 Å². The summed E-state index contributed by atoms with van der Waals surface area (Å²) in [4.78, 5) is 0. The average Bonchev–Trinajstić information content (AvgIpc) is 2.45. The first-order valence-corrected chi connectivity index (χ1v) is 6.85. The maximum absolute atomic E-state index is 3.83. The van der Waals surface area contributed by atoms with Gasteiger partial charge in [-0.3, -0.25) is 0 Å². The van der Waals surface area contributed by atoms with E-state index in [1.54, 1.807) is 6.08 Å². The molecule has 0 aliphatic rings. The molecule has 0 aliphatic carbocycles. The summed E-state index contributed by atoms with van der Waals surface area (Å²) in [7, 11) is 0. The highest BCUT2D eigenvalue weighted by Gasteiger charge is 2.00. The van der Waals surface area contributed by atoms with Crippen LogP contribution in [0.4, 0.5) is 0 Å². The number of hydrogen-bond acceptors (Lipinski definition) is 0. The predicted octanol–water partition coefficient (Wildman–Crippen LogP) is 5.87. The highest BCUT2D eigenvalue weighted by molar-refractivity contribution is 9.10. The maximum Gasteiger partial charge on any atom is 0.0181 e. The molecule has 0 radical (unpaired) electrons. The lowest BCUT2D eigenvalue weighted by Gasteiger charge is -2.05. The minimum atomic E-state index is 1.08. The van der Waals surface area contributed by atoms with Crippen LogP contribution in [-0.4, -0.2) is 0 Å². The quantitative estimate of drug-likeness (QED) is 0.619. The largest absolute Gasteiger partial charge is 0.0990 e. The van der Waals surface area contributed by atoms with E-state index in [2.05, 4.69) is 65.5 Å². The van der Waals surface area contributed by atoms with Crippen LogP contribution in [0.15, 0.2) is 84.4 Å². The molecule has 94 valence electrons. The van der Waals surface area contributed by atoms with Gasteiger partial charge in [0, 0.05) is 4.47 Å². The summed E-state index contributed by atoms with van der Waals surface area (Å²) < 4.78 is 1.09. The van der Waals surface area contributed by atoms with Gasteiger partial charge in [0.2, 0.25) is 0 Å². The Morgan fingerprint density at radius 3 is 2.26 bits per heavy atom. The molecule has 0 atom stereocenters. The summed E-state index contributed by atoms with van der Waals surface area (Å²) in [6.07, 6.45) is 5.58. The van der Waals surface area contributed by atoms with E-state index in [1.165, 1.54) is 11.1 Å². The Bertz CT molecular complexity index is 618. The van der Waals surface area contributed by atoms with Crippen molar-refractivity contribution in [2.75, 3.05) is 0 Å². The van der Waals surface area contributed by atoms with Crippen molar-refractivity contribution < 1.29 is 0 Å². The fourth-order valence-electron chi connectivity index (χ4n) is 1.93. The molecule has 0 aliphatic heterocycles. The lowest BCUT2D eigenvalue weighted by atomic mass is 10.0. The first kappa shape index (κ1) is 13.6. The molecular formula is C18H15Br. The van der Waals surface area contributed by atoms with E-state index in [0.717, 1.165) is 15.6 Å². The van der Waals surface area contributed by atoms with Crippen molar-refractivity contribution in [1.82, 2.24) is 0 Å². The van der Waals surface area contributed by atoms with Crippen molar-refractivity contribution in [1.29, 1.82) is 0 Å². The Balaban J connectivity index is 2.35. The van der Waals surface area contributed by atoms with Gasteiger partial charge in [-0.15, -0.1) is 0 Å². The number of allylic oxidation sites excluding steroid dienone is 4. The molecule has 0 aromatic heterocycles. The monoisotopic (exact) mass is 310 g/mol. The summed E-state index contributed by atoms with van der Waals surface area (Å²) >= 11 is 3.50. The molecule has 0 unspecified atom stereocenters. The van der Waals surface area contributed by atoms with Crippen LogP contribution >= 0.6 is 15.9 Å². The van der Waals surface area contributed by atoms with Crippen LogP contribution in [0.1, 0.15) is 5.56 Å². The predicted molar refractivity (Wildman–Crippen MR) is 87.9 cm³/mol. The van der Waals surface area contributed by atoms with Crippen molar-refractivity contribution in [3.63, 3.8) is 0 Å². The van der Waals surface area contributed by atoms with Crippen LogP contribution < -0.4 is 0 Å². The van der Waals surface area contributed by atoms with Crippen LogP contribution in [0.25, 0.3) is 16.7 Å². The first-order valence-electron chi connectivity index (χ1n) is 6.06. The molecule has 2 aromatic rings. The molecule has 0 saturated heterocycles. The number of rotatable bonds is 4. The first-order chi connectivity index (χ1) is 9.24. The molecular weight excluding hydrogens is 296 g/mol. The van der Waals surface area contributed by atoms with Gasteiger partial charge in [-0.25, -0.2) is 0 Å². The summed E-state index contributed by atoms with van der Waals surface area (Å²) in [6, 6.07) is 16.7. The van der Waals surface area contributed by atoms with Gasteiger partial charge in [-0.05, 0) is 34.4 Å². The van der Waals surface area contributed by atoms with Gasteiger partial charge >= 0.3 is 0 Å². The van der Waals surface area contributed by atoms with Gasteiger partial charge < -0.3 is 0 Å². The van der Waals surface area contributed by atoms with E-state index in [1.807, 2.05) is 24.3 Å². The van der Waals surface area contributed by atoms with E-state index in [4.69, 9.17) is 0 Å². The van der Waals surface area contributed by atoms with E-state index in [0.29, 0.717) is 0 Å². The van der Waals surface area contributed by atoms with Crippen LogP contribution in [0.3, 0.4) is 0 Å². The molecule has 0 bridgehead atoms. The van der Waals surface area contributed by atoms with E-state index >= 15 is 0 Å². The van der Waals surface area contributed by atoms with Crippen molar-refractivity contribution in [3.8, 4) is 11.1 Å². The zero-order chi connectivity index (χ0) is 13.7. The fraction of sp³-hybridized carbons (Fsp3) is 0. The van der Waals surface area contributed by atoms with Crippen molar-refractivity contribution in [2.45, 2.75) is 0 Å². The topological polar surface area (TPSA) is 0 Å². The summed E-state index contributed by atoms with van der Waals surface area (Å²) in [6.45, 7) is 7.55. The van der Waals surface area contributed by atoms with Gasteiger partial charge in [0.1, 0.15) is 0 Å². The molecule has 0 spiro atoms. The Morgan fingerprint density at radius 2 is 1.68 bits per heavy atom. The lowest BCUT2D eigenvalue weighted by Crippen LogP contribution is -1.82. The summed E-state index contributed by atoms with van der Waals surface area (Å²) in [5.74, 6) is 0. The molecule has 2 aromatic carbocycles. The third-order valence-electron chi connectivity index (χ3n) is 2.89. The minimum Gasteiger partial charge on any atom is -0.0990 e. The van der Waals surface area contributed by atoms with Crippen LogP contribution in [-0.2, 0) is 0 Å². The second-order valence-electron chi connectivity index (χ2n) is 4.15. The molecule has 0 nitrogen and oxygen atoms in total. The zero-order valence-electron chi connectivity index (χ0n) is 10.6. The molecule has 0 fully saturated rings. The van der Waals surface area contributed by atoms with Gasteiger partial charge in [0.05, 0.1) is 0 Å². The summed E-state index contributed by atoms with van der Waals surface area (Å²) in [5, 5.41) is 0. The number of hydrogen-bond donors (Lipinski definition) is 0. The van der Waals surface area contributed by atoms with Crippen LogP contribution in [0, 0.1) is 0 Å². The highest BCUT2D eigenvalue weighted by Crippen LogP contribution is 2.25. The second-order valence-corrected chi connectivity index (χ2v) is 5.07. The number of halogens is 1.